The van der Waals surface area contributed by atoms with Gasteiger partial charge in [-0.2, -0.15) is 0 Å². The molecule has 0 heterocycles. The standard InChI is InChI=1S/C10H17N2O3S/c1-6(9(15)10(3,4)11)12-8(14)5-16-7(2)13/h6H,3,5,11H2,1-2,4H3,(H,12,14)/t6-,10?/m0/s1. The highest BCUT2D eigenvalue weighted by Crippen LogP contribution is 2.04. The summed E-state index contributed by atoms with van der Waals surface area (Å²) in [6.07, 6.45) is 0. The van der Waals surface area contributed by atoms with Gasteiger partial charge in [-0.05, 0) is 20.8 Å². The van der Waals surface area contributed by atoms with Crippen LogP contribution in [0.5, 0.6) is 0 Å². The van der Waals surface area contributed by atoms with Gasteiger partial charge in [0.2, 0.25) is 5.91 Å². The molecule has 0 saturated carbocycles. The fourth-order valence-corrected chi connectivity index (χ4v) is 1.43. The van der Waals surface area contributed by atoms with Crippen LogP contribution < -0.4 is 11.1 Å². The van der Waals surface area contributed by atoms with Crippen LogP contribution in [0.15, 0.2) is 0 Å². The van der Waals surface area contributed by atoms with Crippen LogP contribution in [0.2, 0.25) is 0 Å². The lowest BCUT2D eigenvalue weighted by atomic mass is 9.95. The Labute approximate surface area is 99.5 Å². The summed E-state index contributed by atoms with van der Waals surface area (Å²) in [5, 5.41) is 2.32. The highest BCUT2D eigenvalue weighted by Gasteiger charge is 2.28. The molecule has 1 unspecified atom stereocenters. The summed E-state index contributed by atoms with van der Waals surface area (Å²) >= 11 is 0.891. The van der Waals surface area contributed by atoms with E-state index in [4.69, 9.17) is 5.73 Å². The Balaban J connectivity index is 4.15. The van der Waals surface area contributed by atoms with E-state index in [-0.39, 0.29) is 22.6 Å². The van der Waals surface area contributed by atoms with E-state index in [1.807, 2.05) is 0 Å². The minimum absolute atomic E-state index is 0.00534. The number of hydrogen-bond donors (Lipinski definition) is 2. The summed E-state index contributed by atoms with van der Waals surface area (Å²) in [7, 11) is 0. The Hall–Kier alpha value is -0.880. The van der Waals surface area contributed by atoms with Crippen LogP contribution in [-0.2, 0) is 14.4 Å². The maximum atomic E-state index is 11.6. The number of hydrogen-bond acceptors (Lipinski definition) is 5. The quantitative estimate of drug-likeness (QED) is 0.705. The molecular weight excluding hydrogens is 228 g/mol. The minimum atomic E-state index is -1.22. The molecule has 5 nitrogen and oxygen atoms in total. The van der Waals surface area contributed by atoms with Gasteiger partial charge < -0.3 is 11.1 Å². The summed E-state index contributed by atoms with van der Waals surface area (Å²) in [6, 6.07) is -0.701. The number of thioether (sulfide) groups is 1. The van der Waals surface area contributed by atoms with Crippen LogP contribution in [0.4, 0.5) is 0 Å². The molecule has 0 aliphatic carbocycles. The smallest absolute Gasteiger partial charge is 0.231 e. The lowest BCUT2D eigenvalue weighted by molar-refractivity contribution is -0.128. The van der Waals surface area contributed by atoms with Crippen LogP contribution >= 0.6 is 11.8 Å². The lowest BCUT2D eigenvalue weighted by Gasteiger charge is -2.22. The molecule has 0 bridgehead atoms. The second-order valence-electron chi connectivity index (χ2n) is 3.85. The number of Topliss-reactive ketones (excluding diaryl/α,β-unsaturated/α-hetero) is 1. The maximum Gasteiger partial charge on any atom is 0.231 e. The van der Waals surface area contributed by atoms with Crippen LogP contribution in [0.1, 0.15) is 20.8 Å². The van der Waals surface area contributed by atoms with Crippen molar-refractivity contribution in [1.29, 1.82) is 0 Å². The monoisotopic (exact) mass is 245 g/mol. The average molecular weight is 245 g/mol. The van der Waals surface area contributed by atoms with Gasteiger partial charge in [-0.25, -0.2) is 0 Å². The van der Waals surface area contributed by atoms with Crippen LogP contribution in [0, 0.1) is 6.92 Å². The van der Waals surface area contributed by atoms with Crippen molar-refractivity contribution in [2.75, 3.05) is 5.75 Å². The van der Waals surface area contributed by atoms with E-state index < -0.39 is 11.6 Å². The molecule has 0 aromatic rings. The molecule has 0 spiro atoms. The average Bonchev–Trinajstić information content (AvgIpc) is 2.11. The predicted octanol–water partition coefficient (Wildman–Crippen LogP) is -0.109. The Bertz CT molecular complexity index is 297. The van der Waals surface area contributed by atoms with Gasteiger partial charge >= 0.3 is 0 Å². The molecule has 1 radical (unpaired) electrons. The molecule has 0 aromatic carbocycles. The highest BCUT2D eigenvalue weighted by atomic mass is 32.2. The summed E-state index contributed by atoms with van der Waals surface area (Å²) in [6.45, 7) is 7.88. The molecule has 16 heavy (non-hydrogen) atoms. The molecule has 1 amide bonds. The minimum Gasteiger partial charge on any atom is -0.346 e. The third kappa shape index (κ3) is 5.87. The van der Waals surface area contributed by atoms with Gasteiger partial charge in [-0.3, -0.25) is 14.4 Å². The zero-order valence-electron chi connectivity index (χ0n) is 9.70. The fourth-order valence-electron chi connectivity index (χ4n) is 1.01. The molecule has 0 aliphatic rings. The van der Waals surface area contributed by atoms with E-state index in [2.05, 4.69) is 12.2 Å². The number of nitrogens with one attached hydrogen (secondary N) is 1. The van der Waals surface area contributed by atoms with Gasteiger partial charge in [0.05, 0.1) is 17.3 Å². The molecule has 6 heteroatoms. The van der Waals surface area contributed by atoms with Crippen molar-refractivity contribution in [1.82, 2.24) is 5.32 Å². The van der Waals surface area contributed by atoms with Crippen molar-refractivity contribution in [3.8, 4) is 0 Å². The molecule has 0 fully saturated rings. The number of carbonyl (C=O) groups excluding carboxylic acids is 3. The van der Waals surface area contributed by atoms with Crippen LogP contribution in [-0.4, -0.2) is 34.1 Å². The molecule has 0 rings (SSSR count). The van der Waals surface area contributed by atoms with Crippen molar-refractivity contribution in [2.45, 2.75) is 32.4 Å². The van der Waals surface area contributed by atoms with E-state index in [9.17, 15) is 14.4 Å². The summed E-state index contributed by atoms with van der Waals surface area (Å²) in [5.74, 6) is -0.718. The van der Waals surface area contributed by atoms with E-state index in [0.717, 1.165) is 11.8 Å². The Morgan fingerprint density at radius 3 is 2.38 bits per heavy atom. The fraction of sp³-hybridized carbons (Fsp3) is 0.600. The van der Waals surface area contributed by atoms with Gasteiger partial charge in [-0.1, -0.05) is 11.8 Å². The van der Waals surface area contributed by atoms with E-state index >= 15 is 0 Å². The molecule has 0 aliphatic heterocycles. The third-order valence-corrected chi connectivity index (χ3v) is 2.55. The maximum absolute atomic E-state index is 11.6. The van der Waals surface area contributed by atoms with Crippen LogP contribution in [0.25, 0.3) is 0 Å². The number of amides is 1. The molecule has 91 valence electrons. The third-order valence-electron chi connectivity index (χ3n) is 1.74. The SMILES string of the molecule is [CH2]C(C)(N)C(=O)[C@H](C)NC(=O)CSC(C)=O. The Morgan fingerprint density at radius 2 is 2.00 bits per heavy atom. The zero-order chi connectivity index (χ0) is 12.9. The topological polar surface area (TPSA) is 89.3 Å². The van der Waals surface area contributed by atoms with Crippen molar-refractivity contribution in [3.05, 3.63) is 6.92 Å². The molecular formula is C10H17N2O3S. The number of ketones is 1. The highest BCUT2D eigenvalue weighted by molar-refractivity contribution is 8.14. The van der Waals surface area contributed by atoms with Crippen LogP contribution in [0.3, 0.4) is 0 Å². The molecule has 2 atom stereocenters. The van der Waals surface area contributed by atoms with Gasteiger partial charge in [0.1, 0.15) is 0 Å². The van der Waals surface area contributed by atoms with Gasteiger partial charge in [-0.15, -0.1) is 0 Å². The lowest BCUT2D eigenvalue weighted by Crippen LogP contribution is -2.52. The summed E-state index contributed by atoms with van der Waals surface area (Å²) in [5.41, 5.74) is 4.28. The number of carbonyl (C=O) groups is 3. The summed E-state index contributed by atoms with van der Waals surface area (Å²) in [4.78, 5) is 33.5. The van der Waals surface area contributed by atoms with Crippen molar-refractivity contribution < 1.29 is 14.4 Å². The van der Waals surface area contributed by atoms with Crippen molar-refractivity contribution in [3.63, 3.8) is 0 Å². The second-order valence-corrected chi connectivity index (χ2v) is 5.00. The van der Waals surface area contributed by atoms with Gasteiger partial charge in [0.15, 0.2) is 10.9 Å². The number of rotatable bonds is 5. The van der Waals surface area contributed by atoms with Crippen molar-refractivity contribution >= 4 is 28.6 Å². The molecule has 0 saturated heterocycles. The van der Waals surface area contributed by atoms with Gasteiger partial charge in [0.25, 0.3) is 0 Å². The largest absolute Gasteiger partial charge is 0.346 e. The zero-order valence-corrected chi connectivity index (χ0v) is 10.5. The summed E-state index contributed by atoms with van der Waals surface area (Å²) < 4.78 is 0. The van der Waals surface area contributed by atoms with Gasteiger partial charge in [0, 0.05) is 6.92 Å². The molecule has 0 aromatic heterocycles. The predicted molar refractivity (Wildman–Crippen MR) is 63.7 cm³/mol. The van der Waals surface area contributed by atoms with E-state index in [1.165, 1.54) is 20.8 Å². The molecule has 3 N–H and O–H groups in total. The second kappa shape index (κ2) is 6.00. The Kier molecular flexibility index (Phi) is 5.67. The van der Waals surface area contributed by atoms with E-state index in [0.29, 0.717) is 0 Å². The first-order valence-electron chi connectivity index (χ1n) is 4.76. The first-order chi connectivity index (χ1) is 7.14. The first-order valence-corrected chi connectivity index (χ1v) is 5.74. The van der Waals surface area contributed by atoms with Crippen molar-refractivity contribution in [2.24, 2.45) is 5.73 Å². The van der Waals surface area contributed by atoms with E-state index in [1.54, 1.807) is 0 Å². The normalized spacial score (nSPS) is 13.1. The Morgan fingerprint density at radius 1 is 1.50 bits per heavy atom. The number of nitrogens with two attached hydrogens (primary N) is 1. The first kappa shape index (κ1) is 15.1.